The normalized spacial score (nSPS) is 18.3. The summed E-state index contributed by atoms with van der Waals surface area (Å²) >= 11 is 1.67. The van der Waals surface area contributed by atoms with Crippen molar-refractivity contribution in [2.75, 3.05) is 6.54 Å². The van der Waals surface area contributed by atoms with Crippen LogP contribution in [0.5, 0.6) is 0 Å². The van der Waals surface area contributed by atoms with Gasteiger partial charge in [0, 0.05) is 25.0 Å². The number of rotatable bonds is 7. The van der Waals surface area contributed by atoms with Gasteiger partial charge in [-0.1, -0.05) is 26.7 Å². The monoisotopic (exact) mass is 281 g/mol. The van der Waals surface area contributed by atoms with Crippen LogP contribution >= 0.6 is 11.3 Å². The molecule has 0 aromatic carbocycles. The van der Waals surface area contributed by atoms with Crippen LogP contribution in [0.3, 0.4) is 0 Å². The molecule has 3 N–H and O–H groups in total. The first kappa shape index (κ1) is 14.9. The quantitative estimate of drug-likeness (QED) is 0.806. The first-order valence-electron chi connectivity index (χ1n) is 7.48. The van der Waals surface area contributed by atoms with E-state index in [-0.39, 0.29) is 0 Å². The highest BCUT2D eigenvalue weighted by molar-refractivity contribution is 7.09. The van der Waals surface area contributed by atoms with Crippen molar-refractivity contribution in [3.63, 3.8) is 0 Å². The highest BCUT2D eigenvalue weighted by Gasteiger charge is 2.33. The van der Waals surface area contributed by atoms with E-state index < -0.39 is 0 Å². The number of aromatic nitrogens is 1. The highest BCUT2D eigenvalue weighted by atomic mass is 32.1. The van der Waals surface area contributed by atoms with Gasteiger partial charge in [0.15, 0.2) is 0 Å². The van der Waals surface area contributed by atoms with E-state index in [9.17, 15) is 0 Å². The summed E-state index contributed by atoms with van der Waals surface area (Å²) in [5.74, 6) is 0.794. The zero-order chi connectivity index (χ0) is 13.7. The van der Waals surface area contributed by atoms with Gasteiger partial charge in [-0.2, -0.15) is 0 Å². The molecular formula is C15H27N3S. The van der Waals surface area contributed by atoms with Crippen LogP contribution in [0.15, 0.2) is 5.38 Å². The van der Waals surface area contributed by atoms with Crippen molar-refractivity contribution >= 4 is 11.3 Å². The van der Waals surface area contributed by atoms with Gasteiger partial charge < -0.3 is 11.1 Å². The Balaban J connectivity index is 1.82. The second kappa shape index (κ2) is 6.82. The molecule has 4 heteroatoms. The van der Waals surface area contributed by atoms with Gasteiger partial charge in [-0.05, 0) is 30.6 Å². The summed E-state index contributed by atoms with van der Waals surface area (Å²) in [7, 11) is 0. The summed E-state index contributed by atoms with van der Waals surface area (Å²) in [5.41, 5.74) is 7.28. The second-order valence-corrected chi connectivity index (χ2v) is 7.29. The molecule has 0 aliphatic heterocycles. The van der Waals surface area contributed by atoms with Crippen molar-refractivity contribution in [2.45, 2.75) is 59.0 Å². The van der Waals surface area contributed by atoms with Crippen molar-refractivity contribution < 1.29 is 0 Å². The number of hydrogen-bond acceptors (Lipinski definition) is 4. The maximum Gasteiger partial charge on any atom is 0.106 e. The number of nitrogens with two attached hydrogens (primary N) is 1. The Labute approximate surface area is 121 Å². The van der Waals surface area contributed by atoms with Crippen LogP contribution in [0.1, 0.15) is 56.7 Å². The Morgan fingerprint density at radius 1 is 1.42 bits per heavy atom. The molecular weight excluding hydrogens is 254 g/mol. The molecule has 0 spiro atoms. The van der Waals surface area contributed by atoms with E-state index in [0.29, 0.717) is 12.0 Å². The molecule has 1 aromatic heterocycles. The maximum absolute atomic E-state index is 5.59. The van der Waals surface area contributed by atoms with Crippen LogP contribution in [-0.4, -0.2) is 11.5 Å². The third-order valence-corrected chi connectivity index (χ3v) is 5.01. The van der Waals surface area contributed by atoms with Crippen molar-refractivity contribution in [2.24, 2.45) is 17.1 Å². The topological polar surface area (TPSA) is 50.9 Å². The van der Waals surface area contributed by atoms with Gasteiger partial charge in [0.05, 0.1) is 5.69 Å². The molecule has 0 radical (unpaired) electrons. The predicted molar refractivity (Wildman–Crippen MR) is 82.1 cm³/mol. The molecule has 108 valence electrons. The van der Waals surface area contributed by atoms with E-state index in [1.54, 1.807) is 11.3 Å². The van der Waals surface area contributed by atoms with Crippen molar-refractivity contribution in [3.8, 4) is 0 Å². The van der Waals surface area contributed by atoms with Gasteiger partial charge in [-0.3, -0.25) is 0 Å². The molecule has 0 atom stereocenters. The zero-order valence-electron chi connectivity index (χ0n) is 12.2. The molecule has 0 bridgehead atoms. The Morgan fingerprint density at radius 2 is 2.16 bits per heavy atom. The molecule has 1 aliphatic carbocycles. The van der Waals surface area contributed by atoms with Gasteiger partial charge in [0.1, 0.15) is 5.01 Å². The van der Waals surface area contributed by atoms with Crippen LogP contribution in [0.4, 0.5) is 0 Å². The van der Waals surface area contributed by atoms with Gasteiger partial charge in [0.2, 0.25) is 0 Å². The lowest BCUT2D eigenvalue weighted by Gasteiger charge is -2.31. The lowest BCUT2D eigenvalue weighted by Crippen LogP contribution is -2.33. The average molecular weight is 281 g/mol. The zero-order valence-corrected chi connectivity index (χ0v) is 13.1. The largest absolute Gasteiger partial charge is 0.325 e. The Hall–Kier alpha value is -0.450. The first-order valence-corrected chi connectivity index (χ1v) is 8.35. The lowest BCUT2D eigenvalue weighted by atomic mass is 9.78. The number of nitrogens with one attached hydrogen (secondary N) is 1. The first-order chi connectivity index (χ1) is 9.13. The van der Waals surface area contributed by atoms with E-state index in [1.165, 1.54) is 32.1 Å². The second-order valence-electron chi connectivity index (χ2n) is 6.35. The fraction of sp³-hybridized carbons (Fsp3) is 0.800. The average Bonchev–Trinajstić information content (AvgIpc) is 2.98. The minimum absolute atomic E-state index is 0.543. The fourth-order valence-electron chi connectivity index (χ4n) is 3.42. The van der Waals surface area contributed by atoms with E-state index in [0.717, 1.165) is 29.7 Å². The number of thiazole rings is 1. The molecule has 1 saturated carbocycles. The minimum atomic E-state index is 0.543. The predicted octanol–water partition coefficient (Wildman–Crippen LogP) is 3.30. The molecule has 19 heavy (non-hydrogen) atoms. The van der Waals surface area contributed by atoms with Crippen molar-refractivity contribution in [3.05, 3.63) is 16.1 Å². The van der Waals surface area contributed by atoms with E-state index in [2.05, 4.69) is 29.5 Å². The van der Waals surface area contributed by atoms with E-state index in [4.69, 9.17) is 5.73 Å². The summed E-state index contributed by atoms with van der Waals surface area (Å²) in [6.07, 6.45) is 6.95. The van der Waals surface area contributed by atoms with Gasteiger partial charge in [-0.15, -0.1) is 11.3 Å². The molecule has 1 heterocycles. The Bertz CT molecular complexity index is 380. The summed E-state index contributed by atoms with van der Waals surface area (Å²) in [4.78, 5) is 4.51. The van der Waals surface area contributed by atoms with Crippen LogP contribution in [0.2, 0.25) is 0 Å². The summed E-state index contributed by atoms with van der Waals surface area (Å²) in [5, 5.41) is 6.79. The molecule has 0 saturated heterocycles. The van der Waals surface area contributed by atoms with Gasteiger partial charge >= 0.3 is 0 Å². The molecule has 1 aliphatic rings. The minimum Gasteiger partial charge on any atom is -0.325 e. The van der Waals surface area contributed by atoms with Gasteiger partial charge in [-0.25, -0.2) is 4.98 Å². The van der Waals surface area contributed by atoms with Crippen LogP contribution < -0.4 is 11.1 Å². The smallest absolute Gasteiger partial charge is 0.106 e. The van der Waals surface area contributed by atoms with Crippen LogP contribution in [-0.2, 0) is 13.1 Å². The Kier molecular flexibility index (Phi) is 5.37. The highest BCUT2D eigenvalue weighted by Crippen LogP contribution is 2.42. The number of nitrogens with zero attached hydrogens (tertiary/aromatic N) is 1. The number of hydrogen-bond donors (Lipinski definition) is 2. The fourth-order valence-corrected chi connectivity index (χ4v) is 4.10. The SMILES string of the molecule is CC(C)CC1(CNCc2csc(CN)n2)CCCC1. The van der Waals surface area contributed by atoms with Gasteiger partial charge in [0.25, 0.3) is 0 Å². The molecule has 2 rings (SSSR count). The maximum atomic E-state index is 5.59. The van der Waals surface area contributed by atoms with Crippen molar-refractivity contribution in [1.29, 1.82) is 0 Å². The Morgan fingerprint density at radius 3 is 2.74 bits per heavy atom. The van der Waals surface area contributed by atoms with Crippen LogP contribution in [0.25, 0.3) is 0 Å². The standard InChI is InChI=1S/C15H27N3S/c1-12(2)7-15(5-3-4-6-15)11-17-9-13-10-19-14(8-16)18-13/h10,12,17H,3-9,11,16H2,1-2H3. The molecule has 1 aromatic rings. The van der Waals surface area contributed by atoms with E-state index >= 15 is 0 Å². The summed E-state index contributed by atoms with van der Waals surface area (Å²) in [6.45, 7) is 7.26. The molecule has 3 nitrogen and oxygen atoms in total. The summed E-state index contributed by atoms with van der Waals surface area (Å²) in [6, 6.07) is 0. The molecule has 0 unspecified atom stereocenters. The summed E-state index contributed by atoms with van der Waals surface area (Å²) < 4.78 is 0. The molecule has 0 amide bonds. The van der Waals surface area contributed by atoms with Crippen LogP contribution in [0, 0.1) is 11.3 Å². The van der Waals surface area contributed by atoms with Crippen molar-refractivity contribution in [1.82, 2.24) is 10.3 Å². The third kappa shape index (κ3) is 4.26. The molecule has 1 fully saturated rings. The van der Waals surface area contributed by atoms with E-state index in [1.807, 2.05) is 0 Å². The lowest BCUT2D eigenvalue weighted by molar-refractivity contribution is 0.223. The third-order valence-electron chi connectivity index (χ3n) is 4.09.